The third-order valence-electron chi connectivity index (χ3n) is 3.80. The van der Waals surface area contributed by atoms with Gasteiger partial charge in [-0.3, -0.25) is 0 Å². The fourth-order valence-corrected chi connectivity index (χ4v) is 2.45. The number of ether oxygens (including phenoxy) is 4. The predicted octanol–water partition coefficient (Wildman–Crippen LogP) is -4.10. The Labute approximate surface area is 126 Å². The van der Waals surface area contributed by atoms with Gasteiger partial charge in [0.2, 0.25) is 0 Å². The van der Waals surface area contributed by atoms with E-state index in [1.165, 1.54) is 7.11 Å². The van der Waals surface area contributed by atoms with Gasteiger partial charge in [0.25, 0.3) is 0 Å². The van der Waals surface area contributed by atoms with Crippen molar-refractivity contribution in [1.29, 1.82) is 0 Å². The van der Waals surface area contributed by atoms with Crippen LogP contribution < -0.4 is 0 Å². The third kappa shape index (κ3) is 3.41. The molecule has 0 aromatic heterocycles. The second kappa shape index (κ2) is 7.45. The predicted molar refractivity (Wildman–Crippen MR) is 67.4 cm³/mol. The quantitative estimate of drug-likeness (QED) is 0.300. The van der Waals surface area contributed by atoms with E-state index in [1.54, 1.807) is 0 Å². The molecule has 0 unspecified atom stereocenters. The first kappa shape index (κ1) is 17.9. The zero-order valence-electron chi connectivity index (χ0n) is 11.9. The summed E-state index contributed by atoms with van der Waals surface area (Å²) in [6, 6.07) is 0. The highest BCUT2D eigenvalue weighted by Crippen LogP contribution is 2.27. The van der Waals surface area contributed by atoms with Crippen molar-refractivity contribution in [2.24, 2.45) is 0 Å². The van der Waals surface area contributed by atoms with Crippen molar-refractivity contribution in [2.45, 2.75) is 55.3 Å². The van der Waals surface area contributed by atoms with Crippen LogP contribution in [0.25, 0.3) is 0 Å². The van der Waals surface area contributed by atoms with Gasteiger partial charge < -0.3 is 49.6 Å². The molecular formula is C12H22O10. The smallest absolute Gasteiger partial charge is 0.187 e. The summed E-state index contributed by atoms with van der Waals surface area (Å²) in [7, 11) is 1.30. The second-order valence-corrected chi connectivity index (χ2v) is 5.29. The first-order chi connectivity index (χ1) is 10.4. The van der Waals surface area contributed by atoms with E-state index in [1.807, 2.05) is 0 Å². The van der Waals surface area contributed by atoms with Crippen LogP contribution in [0.5, 0.6) is 0 Å². The van der Waals surface area contributed by atoms with Gasteiger partial charge in [-0.25, -0.2) is 0 Å². The number of rotatable bonds is 4. The fraction of sp³-hybridized carbons (Fsp3) is 1.00. The van der Waals surface area contributed by atoms with Gasteiger partial charge in [0, 0.05) is 7.11 Å². The van der Waals surface area contributed by atoms with Gasteiger partial charge in [-0.1, -0.05) is 0 Å². The van der Waals surface area contributed by atoms with E-state index in [9.17, 15) is 25.5 Å². The van der Waals surface area contributed by atoms with E-state index in [0.717, 1.165) is 0 Å². The van der Waals surface area contributed by atoms with Crippen LogP contribution in [0.3, 0.4) is 0 Å². The molecule has 0 aromatic rings. The molecule has 0 amide bonds. The molecule has 2 fully saturated rings. The Morgan fingerprint density at radius 3 is 2.23 bits per heavy atom. The van der Waals surface area contributed by atoms with E-state index in [2.05, 4.69) is 0 Å². The van der Waals surface area contributed by atoms with Crippen LogP contribution in [0.1, 0.15) is 0 Å². The van der Waals surface area contributed by atoms with Crippen molar-refractivity contribution in [3.8, 4) is 0 Å². The summed E-state index contributed by atoms with van der Waals surface area (Å²) in [6.07, 6.45) is -12.2. The molecular weight excluding hydrogens is 304 g/mol. The maximum atomic E-state index is 9.96. The van der Waals surface area contributed by atoms with Crippen LogP contribution in [0, 0.1) is 0 Å². The Hall–Kier alpha value is -0.400. The molecule has 10 heteroatoms. The lowest BCUT2D eigenvalue weighted by molar-refractivity contribution is -0.354. The molecule has 2 heterocycles. The molecule has 0 saturated carbocycles. The van der Waals surface area contributed by atoms with Crippen molar-refractivity contribution >= 4 is 0 Å². The summed E-state index contributed by atoms with van der Waals surface area (Å²) in [6.45, 7) is -0.765. The molecule has 0 aliphatic carbocycles. The normalized spacial score (nSPS) is 50.0. The molecule has 0 spiro atoms. The highest BCUT2D eigenvalue weighted by Gasteiger charge is 2.48. The summed E-state index contributed by atoms with van der Waals surface area (Å²) in [5.41, 5.74) is 0. The van der Waals surface area contributed by atoms with Gasteiger partial charge in [-0.2, -0.15) is 0 Å². The zero-order valence-corrected chi connectivity index (χ0v) is 11.9. The first-order valence-corrected chi connectivity index (χ1v) is 6.87. The van der Waals surface area contributed by atoms with E-state index < -0.39 is 61.9 Å². The van der Waals surface area contributed by atoms with Gasteiger partial charge in [0.05, 0.1) is 13.2 Å². The van der Waals surface area contributed by atoms with Crippen molar-refractivity contribution in [3.05, 3.63) is 0 Å². The average molecular weight is 326 g/mol. The number of hydrogen-bond donors (Lipinski definition) is 6. The van der Waals surface area contributed by atoms with Gasteiger partial charge in [0.15, 0.2) is 12.6 Å². The summed E-state index contributed by atoms with van der Waals surface area (Å²) < 4.78 is 20.7. The molecule has 6 N–H and O–H groups in total. The van der Waals surface area contributed by atoms with Crippen molar-refractivity contribution in [3.63, 3.8) is 0 Å². The van der Waals surface area contributed by atoms with E-state index in [-0.39, 0.29) is 6.61 Å². The minimum Gasteiger partial charge on any atom is -0.394 e. The Balaban J connectivity index is 2.09. The van der Waals surface area contributed by atoms with Gasteiger partial charge in [-0.15, -0.1) is 0 Å². The standard InChI is InChI=1S/C12H22O10/c1-19-12-10(6(15)4(14)3-20-12)22-11-9(18)8(17)7(16)5(2-13)21-11/h4-18H,2-3H2,1H3/t4-,5+,6+,7+,8+,9+,10-,11-,12-/m0/s1. The first-order valence-electron chi connectivity index (χ1n) is 6.87. The lowest BCUT2D eigenvalue weighted by Gasteiger charge is -2.44. The lowest BCUT2D eigenvalue weighted by atomic mass is 9.99. The average Bonchev–Trinajstić information content (AvgIpc) is 2.52. The molecule has 22 heavy (non-hydrogen) atoms. The maximum Gasteiger partial charge on any atom is 0.187 e. The SMILES string of the molecule is CO[C@H]1OC[C@H](O)[C@@H](O)[C@@H]1O[C@@H]1O[C@H](CO)[C@@H](O)[C@@H](O)[C@H]1O. The largest absolute Gasteiger partial charge is 0.394 e. The molecule has 2 aliphatic heterocycles. The fourth-order valence-electron chi connectivity index (χ4n) is 2.45. The van der Waals surface area contributed by atoms with E-state index in [0.29, 0.717) is 0 Å². The van der Waals surface area contributed by atoms with Crippen LogP contribution >= 0.6 is 0 Å². The highest BCUT2D eigenvalue weighted by atomic mass is 16.7. The molecule has 10 nitrogen and oxygen atoms in total. The Morgan fingerprint density at radius 2 is 1.64 bits per heavy atom. The molecule has 0 aromatic carbocycles. The summed E-state index contributed by atoms with van der Waals surface area (Å²) >= 11 is 0. The topological polar surface area (TPSA) is 158 Å². The van der Waals surface area contributed by atoms with Crippen molar-refractivity contribution in [2.75, 3.05) is 20.3 Å². The number of hydrogen-bond acceptors (Lipinski definition) is 10. The minimum atomic E-state index is -1.62. The van der Waals surface area contributed by atoms with Crippen LogP contribution in [0.4, 0.5) is 0 Å². The number of aliphatic hydroxyl groups is 6. The number of aliphatic hydroxyl groups excluding tert-OH is 6. The summed E-state index contributed by atoms with van der Waals surface area (Å²) in [4.78, 5) is 0. The Morgan fingerprint density at radius 1 is 0.955 bits per heavy atom. The van der Waals surface area contributed by atoms with Crippen molar-refractivity contribution in [1.82, 2.24) is 0 Å². The molecule has 2 aliphatic rings. The Bertz CT molecular complexity index is 351. The molecule has 130 valence electrons. The van der Waals surface area contributed by atoms with Gasteiger partial charge in [-0.05, 0) is 0 Å². The Kier molecular flexibility index (Phi) is 6.07. The van der Waals surface area contributed by atoms with Gasteiger partial charge in [0.1, 0.15) is 42.7 Å². The van der Waals surface area contributed by atoms with Crippen LogP contribution in [-0.4, -0.2) is 106 Å². The zero-order chi connectivity index (χ0) is 16.4. The highest BCUT2D eigenvalue weighted by molar-refractivity contribution is 4.91. The molecule has 0 radical (unpaired) electrons. The third-order valence-corrected chi connectivity index (χ3v) is 3.80. The van der Waals surface area contributed by atoms with Crippen molar-refractivity contribution < 1.29 is 49.6 Å². The van der Waals surface area contributed by atoms with E-state index >= 15 is 0 Å². The molecule has 0 bridgehead atoms. The van der Waals surface area contributed by atoms with Crippen LogP contribution in [-0.2, 0) is 18.9 Å². The monoisotopic (exact) mass is 326 g/mol. The number of methoxy groups -OCH3 is 1. The lowest BCUT2D eigenvalue weighted by Crippen LogP contribution is -2.62. The molecule has 2 rings (SSSR count). The second-order valence-electron chi connectivity index (χ2n) is 5.29. The van der Waals surface area contributed by atoms with Gasteiger partial charge >= 0.3 is 0 Å². The summed E-state index contributed by atoms with van der Waals surface area (Å²) in [5.74, 6) is 0. The molecule has 9 atom stereocenters. The van der Waals surface area contributed by atoms with Crippen LogP contribution in [0.15, 0.2) is 0 Å². The van der Waals surface area contributed by atoms with Crippen LogP contribution in [0.2, 0.25) is 0 Å². The molecule has 2 saturated heterocycles. The minimum absolute atomic E-state index is 0.159. The van der Waals surface area contributed by atoms with E-state index in [4.69, 9.17) is 24.1 Å². The maximum absolute atomic E-state index is 9.96. The summed E-state index contributed by atoms with van der Waals surface area (Å²) in [5, 5.41) is 58.0.